The third-order valence-corrected chi connectivity index (χ3v) is 3.83. The number of pyridine rings is 1. The first-order chi connectivity index (χ1) is 9.65. The minimum absolute atomic E-state index is 0.312. The van der Waals surface area contributed by atoms with Crippen LogP contribution in [0.3, 0.4) is 0 Å². The maximum absolute atomic E-state index is 12.1. The smallest absolute Gasteiger partial charge is 0.267 e. The summed E-state index contributed by atoms with van der Waals surface area (Å²) in [6.07, 6.45) is 4.29. The Morgan fingerprint density at radius 3 is 3.05 bits per heavy atom. The first-order valence-corrected chi connectivity index (χ1v) is 7.19. The number of hydrogen-bond donors (Lipinski definition) is 1. The maximum atomic E-state index is 12.1. The first kappa shape index (κ1) is 12.9. The molecule has 1 N–H and O–H groups in total. The van der Waals surface area contributed by atoms with E-state index in [9.17, 15) is 9.59 Å². The van der Waals surface area contributed by atoms with Crippen LogP contribution >= 0.6 is 27.3 Å². The molecule has 0 aliphatic carbocycles. The topological polar surface area (TPSA) is 76.9 Å². The largest absolute Gasteiger partial charge is 0.280 e. The van der Waals surface area contributed by atoms with E-state index in [4.69, 9.17) is 0 Å². The summed E-state index contributed by atoms with van der Waals surface area (Å²) in [5, 5.41) is 2.26. The van der Waals surface area contributed by atoms with Crippen LogP contribution in [0.2, 0.25) is 0 Å². The second-order valence-corrected chi connectivity index (χ2v) is 5.70. The number of carbonyl (C=O) groups is 1. The highest BCUT2D eigenvalue weighted by atomic mass is 79.9. The number of rotatable bonds is 2. The molecule has 0 aliphatic heterocycles. The van der Waals surface area contributed by atoms with E-state index in [-0.39, 0.29) is 5.56 Å². The van der Waals surface area contributed by atoms with E-state index in [1.165, 1.54) is 23.9 Å². The molecular weight excluding hydrogens is 344 g/mol. The molecule has 0 saturated carbocycles. The average Bonchev–Trinajstić information content (AvgIpc) is 2.91. The fourth-order valence-electron chi connectivity index (χ4n) is 1.65. The zero-order chi connectivity index (χ0) is 14.1. The Morgan fingerprint density at radius 1 is 1.40 bits per heavy atom. The van der Waals surface area contributed by atoms with Crippen molar-refractivity contribution >= 4 is 43.4 Å². The Balaban J connectivity index is 1.95. The van der Waals surface area contributed by atoms with Gasteiger partial charge in [-0.3, -0.25) is 20.0 Å². The lowest BCUT2D eigenvalue weighted by Crippen LogP contribution is -2.33. The lowest BCUT2D eigenvalue weighted by Gasteiger charge is -2.07. The van der Waals surface area contributed by atoms with Crippen LogP contribution < -0.4 is 11.0 Å². The number of nitrogens with one attached hydrogen (secondary N) is 1. The summed E-state index contributed by atoms with van der Waals surface area (Å²) in [6, 6.07) is 3.29. The normalized spacial score (nSPS) is 10.7. The van der Waals surface area contributed by atoms with Gasteiger partial charge in [-0.15, -0.1) is 11.3 Å². The van der Waals surface area contributed by atoms with Crippen molar-refractivity contribution in [3.63, 3.8) is 0 Å². The van der Waals surface area contributed by atoms with Crippen molar-refractivity contribution < 1.29 is 4.79 Å². The van der Waals surface area contributed by atoms with Gasteiger partial charge in [0, 0.05) is 16.9 Å². The monoisotopic (exact) mass is 350 g/mol. The van der Waals surface area contributed by atoms with E-state index in [2.05, 4.69) is 31.3 Å². The van der Waals surface area contributed by atoms with Crippen LogP contribution in [0.5, 0.6) is 0 Å². The standard InChI is InChI=1S/C12H7BrN4O2S/c13-8-3-7(4-14-5-8)10(18)16-17-6-15-11-9(12(17)19)1-2-20-11/h1-6H,(H,16,18). The predicted octanol–water partition coefficient (Wildman–Crippen LogP) is 2.00. The predicted molar refractivity (Wildman–Crippen MR) is 79.5 cm³/mol. The van der Waals surface area contributed by atoms with Gasteiger partial charge >= 0.3 is 0 Å². The van der Waals surface area contributed by atoms with E-state index < -0.39 is 5.91 Å². The Bertz CT molecular complexity index is 858. The zero-order valence-electron chi connectivity index (χ0n) is 9.91. The summed E-state index contributed by atoms with van der Waals surface area (Å²) in [5.74, 6) is -0.433. The highest BCUT2D eigenvalue weighted by Gasteiger charge is 2.10. The molecular formula is C12H7BrN4O2S. The minimum Gasteiger partial charge on any atom is -0.267 e. The number of halogens is 1. The zero-order valence-corrected chi connectivity index (χ0v) is 12.3. The SMILES string of the molecule is O=C(Nn1cnc2sccc2c1=O)c1cncc(Br)c1. The molecule has 0 saturated heterocycles. The molecule has 0 unspecified atom stereocenters. The lowest BCUT2D eigenvalue weighted by molar-refractivity contribution is 0.101. The molecule has 3 heterocycles. The van der Waals surface area contributed by atoms with E-state index in [1.807, 2.05) is 0 Å². The van der Waals surface area contributed by atoms with Crippen molar-refractivity contribution in [3.05, 3.63) is 56.6 Å². The van der Waals surface area contributed by atoms with Crippen LogP contribution in [0.15, 0.2) is 45.5 Å². The molecule has 3 aromatic heterocycles. The highest BCUT2D eigenvalue weighted by Crippen LogP contribution is 2.13. The Hall–Kier alpha value is -2.06. The lowest BCUT2D eigenvalue weighted by atomic mass is 10.3. The molecule has 0 radical (unpaired) electrons. The number of fused-ring (bicyclic) bond motifs is 1. The number of amides is 1. The van der Waals surface area contributed by atoms with Gasteiger partial charge in [-0.1, -0.05) is 0 Å². The second-order valence-electron chi connectivity index (χ2n) is 3.89. The molecule has 3 aromatic rings. The van der Waals surface area contributed by atoms with E-state index in [1.54, 1.807) is 23.7 Å². The van der Waals surface area contributed by atoms with Crippen LogP contribution in [-0.4, -0.2) is 20.6 Å². The molecule has 3 rings (SSSR count). The summed E-state index contributed by atoms with van der Waals surface area (Å²) in [4.78, 5) is 32.8. The van der Waals surface area contributed by atoms with Crippen molar-refractivity contribution in [2.75, 3.05) is 5.43 Å². The van der Waals surface area contributed by atoms with Crippen LogP contribution in [-0.2, 0) is 0 Å². The molecule has 0 aliphatic rings. The third-order valence-electron chi connectivity index (χ3n) is 2.57. The van der Waals surface area contributed by atoms with Gasteiger partial charge in [0.2, 0.25) is 0 Å². The van der Waals surface area contributed by atoms with Gasteiger partial charge in [0.15, 0.2) is 0 Å². The van der Waals surface area contributed by atoms with Crippen molar-refractivity contribution in [2.24, 2.45) is 0 Å². The van der Waals surface area contributed by atoms with E-state index in [0.29, 0.717) is 20.3 Å². The number of hydrogen-bond acceptors (Lipinski definition) is 5. The molecule has 20 heavy (non-hydrogen) atoms. The second kappa shape index (κ2) is 5.14. The average molecular weight is 351 g/mol. The van der Waals surface area contributed by atoms with E-state index >= 15 is 0 Å². The summed E-state index contributed by atoms with van der Waals surface area (Å²) in [6.45, 7) is 0. The van der Waals surface area contributed by atoms with Gasteiger partial charge in [-0.25, -0.2) is 9.66 Å². The summed E-state index contributed by atoms with van der Waals surface area (Å²) < 4.78 is 1.75. The van der Waals surface area contributed by atoms with Crippen LogP contribution in [0.4, 0.5) is 0 Å². The Labute approximate surface area is 125 Å². The van der Waals surface area contributed by atoms with Gasteiger partial charge in [0.25, 0.3) is 11.5 Å². The highest BCUT2D eigenvalue weighted by molar-refractivity contribution is 9.10. The fourth-order valence-corrected chi connectivity index (χ4v) is 2.73. The summed E-state index contributed by atoms with van der Waals surface area (Å²) in [7, 11) is 0. The van der Waals surface area contributed by atoms with Crippen molar-refractivity contribution in [1.82, 2.24) is 14.6 Å². The number of carbonyl (C=O) groups excluding carboxylic acids is 1. The summed E-state index contributed by atoms with van der Waals surface area (Å²) in [5.41, 5.74) is 2.51. The maximum Gasteiger partial charge on any atom is 0.280 e. The minimum atomic E-state index is -0.433. The van der Waals surface area contributed by atoms with E-state index in [0.717, 1.165) is 4.68 Å². The Kier molecular flexibility index (Phi) is 3.33. The molecule has 0 atom stereocenters. The van der Waals surface area contributed by atoms with Crippen molar-refractivity contribution in [2.45, 2.75) is 0 Å². The molecule has 0 fully saturated rings. The number of nitrogens with zero attached hydrogens (tertiary/aromatic N) is 3. The molecule has 0 aromatic carbocycles. The van der Waals surface area contributed by atoms with Gasteiger partial charge in [0.1, 0.15) is 11.2 Å². The molecule has 1 amide bonds. The molecule has 8 heteroatoms. The first-order valence-electron chi connectivity index (χ1n) is 5.52. The Morgan fingerprint density at radius 2 is 2.25 bits per heavy atom. The van der Waals surface area contributed by atoms with Gasteiger partial charge < -0.3 is 0 Å². The molecule has 0 spiro atoms. The van der Waals surface area contributed by atoms with Gasteiger partial charge in [-0.2, -0.15) is 0 Å². The van der Waals surface area contributed by atoms with Crippen LogP contribution in [0.25, 0.3) is 10.2 Å². The quantitative estimate of drug-likeness (QED) is 0.766. The number of aromatic nitrogens is 3. The fraction of sp³-hybridized carbons (Fsp3) is 0. The molecule has 100 valence electrons. The molecule has 6 nitrogen and oxygen atoms in total. The molecule has 0 bridgehead atoms. The van der Waals surface area contributed by atoms with Gasteiger partial charge in [0.05, 0.1) is 10.9 Å². The van der Waals surface area contributed by atoms with Crippen molar-refractivity contribution in [1.29, 1.82) is 0 Å². The van der Waals surface area contributed by atoms with Gasteiger partial charge in [-0.05, 0) is 33.4 Å². The summed E-state index contributed by atoms with van der Waals surface area (Å²) >= 11 is 4.61. The van der Waals surface area contributed by atoms with Crippen LogP contribution in [0.1, 0.15) is 10.4 Å². The van der Waals surface area contributed by atoms with Crippen LogP contribution in [0, 0.1) is 0 Å². The van der Waals surface area contributed by atoms with Crippen molar-refractivity contribution in [3.8, 4) is 0 Å². The number of thiophene rings is 1. The third kappa shape index (κ3) is 2.35.